The lowest BCUT2D eigenvalue weighted by atomic mass is 10.0. The maximum absolute atomic E-state index is 13.0. The quantitative estimate of drug-likeness (QED) is 0.471. The Kier molecular flexibility index (Phi) is 4.88. The summed E-state index contributed by atoms with van der Waals surface area (Å²) in [4.78, 5) is 36.8. The number of likely N-dealkylation sites (tertiary alicyclic amines) is 2. The van der Waals surface area contributed by atoms with Crippen LogP contribution in [-0.2, 0) is 4.79 Å². The lowest BCUT2D eigenvalue weighted by molar-refractivity contribution is -0.140. The zero-order valence-corrected chi connectivity index (χ0v) is 15.1. The van der Waals surface area contributed by atoms with E-state index in [1.807, 2.05) is 35.2 Å². The molecule has 0 bridgehead atoms. The van der Waals surface area contributed by atoms with Crippen molar-refractivity contribution in [3.05, 3.63) is 54.4 Å². The highest BCUT2D eigenvalue weighted by Gasteiger charge is 2.45. The second kappa shape index (κ2) is 7.45. The van der Waals surface area contributed by atoms with Gasteiger partial charge >= 0.3 is 6.03 Å². The van der Waals surface area contributed by atoms with Gasteiger partial charge in [0.15, 0.2) is 5.16 Å². The first-order valence-electron chi connectivity index (χ1n) is 8.81. The summed E-state index contributed by atoms with van der Waals surface area (Å²) >= 11 is 1.48. The third-order valence-electron chi connectivity index (χ3n) is 4.88. The predicted octanol–water partition coefficient (Wildman–Crippen LogP) is 3.13. The number of urea groups is 1. The summed E-state index contributed by atoms with van der Waals surface area (Å²) in [5.74, 6) is 0.541. The van der Waals surface area contributed by atoms with Crippen LogP contribution in [0.1, 0.15) is 30.9 Å². The van der Waals surface area contributed by atoms with Crippen LogP contribution in [0.25, 0.3) is 0 Å². The molecule has 0 N–H and O–H groups in total. The molecule has 3 heterocycles. The van der Waals surface area contributed by atoms with Crippen molar-refractivity contribution < 1.29 is 9.59 Å². The highest BCUT2D eigenvalue weighted by Crippen LogP contribution is 2.35. The third-order valence-corrected chi connectivity index (χ3v) is 5.90. The van der Waals surface area contributed by atoms with Gasteiger partial charge in [-0.2, -0.15) is 0 Å². The minimum Gasteiger partial charge on any atom is -0.317 e. The zero-order chi connectivity index (χ0) is 17.9. The van der Waals surface area contributed by atoms with E-state index in [1.165, 1.54) is 16.7 Å². The summed E-state index contributed by atoms with van der Waals surface area (Å²) in [6.07, 6.45) is 5.70. The molecule has 2 aromatic rings. The molecule has 2 aliphatic heterocycles. The molecule has 0 radical (unpaired) electrons. The molecule has 6 nitrogen and oxygen atoms in total. The van der Waals surface area contributed by atoms with E-state index in [-0.39, 0.29) is 24.0 Å². The average molecular weight is 368 g/mol. The van der Waals surface area contributed by atoms with Crippen LogP contribution in [0.15, 0.2) is 53.9 Å². The average Bonchev–Trinajstić information content (AvgIpc) is 3.16. The summed E-state index contributed by atoms with van der Waals surface area (Å²) in [5.41, 5.74) is 1.13. The number of amides is 3. The minimum absolute atomic E-state index is 0.0582. The van der Waals surface area contributed by atoms with Crippen molar-refractivity contribution in [2.45, 2.75) is 36.5 Å². The van der Waals surface area contributed by atoms with Gasteiger partial charge in [-0.05, 0) is 24.5 Å². The monoisotopic (exact) mass is 368 g/mol. The van der Waals surface area contributed by atoms with E-state index in [0.29, 0.717) is 23.9 Å². The first kappa shape index (κ1) is 17.0. The number of rotatable bonds is 4. The second-order valence-electron chi connectivity index (χ2n) is 6.51. The van der Waals surface area contributed by atoms with Gasteiger partial charge in [0.1, 0.15) is 0 Å². The first-order valence-corrected chi connectivity index (χ1v) is 9.80. The van der Waals surface area contributed by atoms with Crippen LogP contribution in [0.2, 0.25) is 0 Å². The lowest BCUT2D eigenvalue weighted by Crippen LogP contribution is -2.60. The van der Waals surface area contributed by atoms with Gasteiger partial charge < -0.3 is 4.90 Å². The topological polar surface area (TPSA) is 66.4 Å². The van der Waals surface area contributed by atoms with E-state index in [9.17, 15) is 9.59 Å². The Bertz CT molecular complexity index is 787. The lowest BCUT2D eigenvalue weighted by Gasteiger charge is -2.41. The largest absolute Gasteiger partial charge is 0.327 e. The molecule has 26 heavy (non-hydrogen) atoms. The highest BCUT2D eigenvalue weighted by molar-refractivity contribution is 7.99. The molecule has 1 aromatic heterocycles. The van der Waals surface area contributed by atoms with Crippen molar-refractivity contribution in [3.8, 4) is 0 Å². The van der Waals surface area contributed by atoms with Crippen LogP contribution in [0, 0.1) is 0 Å². The standard InChI is InChI=1S/C19H20N4O2S/c24-17-12-15(13-26-18-20-9-5-10-21-18)23(17)19(25)22-11-4-8-16(22)14-6-2-1-3-7-14/h1-3,5-7,9-10,15-16H,4,8,11-13H2. The molecule has 134 valence electrons. The molecule has 7 heteroatoms. The van der Waals surface area contributed by atoms with Crippen molar-refractivity contribution in [2.75, 3.05) is 12.3 Å². The van der Waals surface area contributed by atoms with E-state index in [4.69, 9.17) is 0 Å². The summed E-state index contributed by atoms with van der Waals surface area (Å²) in [6, 6.07) is 11.6. The van der Waals surface area contributed by atoms with Crippen LogP contribution < -0.4 is 0 Å². The van der Waals surface area contributed by atoms with E-state index in [2.05, 4.69) is 9.97 Å². The SMILES string of the molecule is O=C1CC(CSc2ncccn2)N1C(=O)N1CCCC1c1ccccc1. The molecule has 0 aliphatic carbocycles. The molecule has 0 spiro atoms. The van der Waals surface area contributed by atoms with Crippen LogP contribution >= 0.6 is 11.8 Å². The van der Waals surface area contributed by atoms with Gasteiger partial charge in [0.25, 0.3) is 0 Å². The second-order valence-corrected chi connectivity index (χ2v) is 7.50. The molecule has 3 amide bonds. The molecule has 2 atom stereocenters. The Morgan fingerprint density at radius 3 is 2.65 bits per heavy atom. The van der Waals surface area contributed by atoms with E-state index in [1.54, 1.807) is 18.5 Å². The maximum Gasteiger partial charge on any atom is 0.327 e. The van der Waals surface area contributed by atoms with Crippen molar-refractivity contribution in [3.63, 3.8) is 0 Å². The summed E-state index contributed by atoms with van der Waals surface area (Å²) < 4.78 is 0. The minimum atomic E-state index is -0.160. The molecule has 0 saturated carbocycles. The van der Waals surface area contributed by atoms with Gasteiger partial charge in [-0.1, -0.05) is 42.1 Å². The number of carbonyl (C=O) groups is 2. The van der Waals surface area contributed by atoms with Gasteiger partial charge in [-0.25, -0.2) is 14.8 Å². The molecule has 4 rings (SSSR count). The zero-order valence-electron chi connectivity index (χ0n) is 14.3. The first-order chi connectivity index (χ1) is 12.7. The van der Waals surface area contributed by atoms with Crippen LogP contribution in [0.5, 0.6) is 0 Å². The predicted molar refractivity (Wildman–Crippen MR) is 98.5 cm³/mol. The Balaban J connectivity index is 1.43. The van der Waals surface area contributed by atoms with Crippen molar-refractivity contribution in [1.82, 2.24) is 19.8 Å². The van der Waals surface area contributed by atoms with Crippen LogP contribution in [0.4, 0.5) is 4.79 Å². The fourth-order valence-electron chi connectivity index (χ4n) is 3.57. The number of nitrogens with zero attached hydrogens (tertiary/aromatic N) is 4. The van der Waals surface area contributed by atoms with E-state index in [0.717, 1.165) is 18.4 Å². The Morgan fingerprint density at radius 1 is 1.15 bits per heavy atom. The summed E-state index contributed by atoms with van der Waals surface area (Å²) in [7, 11) is 0. The van der Waals surface area contributed by atoms with Crippen molar-refractivity contribution >= 4 is 23.7 Å². The fraction of sp³-hybridized carbons (Fsp3) is 0.368. The Morgan fingerprint density at radius 2 is 1.92 bits per heavy atom. The molecule has 2 unspecified atom stereocenters. The van der Waals surface area contributed by atoms with Gasteiger partial charge in [-0.3, -0.25) is 9.69 Å². The van der Waals surface area contributed by atoms with Crippen molar-refractivity contribution in [2.24, 2.45) is 0 Å². The van der Waals surface area contributed by atoms with E-state index >= 15 is 0 Å². The summed E-state index contributed by atoms with van der Waals surface area (Å²) in [6.45, 7) is 0.698. The number of thioether (sulfide) groups is 1. The molecular weight excluding hydrogens is 348 g/mol. The van der Waals surface area contributed by atoms with Crippen LogP contribution in [0.3, 0.4) is 0 Å². The van der Waals surface area contributed by atoms with Gasteiger partial charge in [0.05, 0.1) is 12.1 Å². The molecular formula is C19H20N4O2S. The molecule has 2 saturated heterocycles. The molecule has 1 aromatic carbocycles. The number of carbonyl (C=O) groups excluding carboxylic acids is 2. The smallest absolute Gasteiger partial charge is 0.317 e. The number of imide groups is 1. The fourth-order valence-corrected chi connectivity index (χ4v) is 4.44. The number of hydrogen-bond donors (Lipinski definition) is 0. The number of aromatic nitrogens is 2. The van der Waals surface area contributed by atoms with Gasteiger partial charge in [0, 0.05) is 31.1 Å². The van der Waals surface area contributed by atoms with E-state index < -0.39 is 0 Å². The number of benzene rings is 1. The van der Waals surface area contributed by atoms with Crippen molar-refractivity contribution in [1.29, 1.82) is 0 Å². The number of β-lactam (4-membered cyclic amide) rings is 1. The Labute approximate surface area is 156 Å². The van der Waals surface area contributed by atoms with Crippen LogP contribution in [-0.4, -0.2) is 50.0 Å². The molecule has 2 aliphatic rings. The number of hydrogen-bond acceptors (Lipinski definition) is 5. The maximum atomic E-state index is 13.0. The highest BCUT2D eigenvalue weighted by atomic mass is 32.2. The van der Waals surface area contributed by atoms with Gasteiger partial charge in [-0.15, -0.1) is 0 Å². The third kappa shape index (κ3) is 3.31. The molecule has 2 fully saturated rings. The summed E-state index contributed by atoms with van der Waals surface area (Å²) in [5, 5.41) is 0.669. The normalized spacial score (nSPS) is 22.4. The van der Waals surface area contributed by atoms with Gasteiger partial charge in [0.2, 0.25) is 5.91 Å². The Hall–Kier alpha value is -2.41.